The van der Waals surface area contributed by atoms with Gasteiger partial charge in [0.2, 0.25) is 0 Å². The van der Waals surface area contributed by atoms with Gasteiger partial charge in [0, 0.05) is 12.7 Å². The molecule has 1 aromatic carbocycles. The number of aromatic nitrogens is 3. The standard InChI is InChI=1S/C11H15N5/c1-9-2-3-10(12)11(8-9)13-4-6-16-7-5-14-15-16/h2-3,5,7-8,13H,4,6,12H2,1H3. The van der Waals surface area contributed by atoms with E-state index in [9.17, 15) is 0 Å². The Morgan fingerprint density at radius 2 is 2.31 bits per heavy atom. The molecule has 0 saturated carbocycles. The molecule has 0 saturated heterocycles. The first-order valence-corrected chi connectivity index (χ1v) is 5.20. The summed E-state index contributed by atoms with van der Waals surface area (Å²) in [6, 6.07) is 5.95. The zero-order valence-corrected chi connectivity index (χ0v) is 9.22. The molecule has 0 fully saturated rings. The Hall–Kier alpha value is -2.04. The van der Waals surface area contributed by atoms with Gasteiger partial charge >= 0.3 is 0 Å². The van der Waals surface area contributed by atoms with Gasteiger partial charge in [-0.3, -0.25) is 4.68 Å². The van der Waals surface area contributed by atoms with Gasteiger partial charge in [0.1, 0.15) is 0 Å². The van der Waals surface area contributed by atoms with Gasteiger partial charge in [0.15, 0.2) is 0 Å². The molecule has 0 spiro atoms. The third-order valence-corrected chi connectivity index (χ3v) is 2.34. The highest BCUT2D eigenvalue weighted by Gasteiger charge is 1.98. The maximum atomic E-state index is 5.85. The van der Waals surface area contributed by atoms with Crippen LogP contribution < -0.4 is 11.1 Å². The summed E-state index contributed by atoms with van der Waals surface area (Å²) in [6.45, 7) is 3.59. The van der Waals surface area contributed by atoms with Gasteiger partial charge in [-0.1, -0.05) is 11.3 Å². The van der Waals surface area contributed by atoms with E-state index in [1.807, 2.05) is 31.3 Å². The predicted octanol–water partition coefficient (Wildman–Crippen LogP) is 1.28. The molecule has 16 heavy (non-hydrogen) atoms. The largest absolute Gasteiger partial charge is 0.397 e. The first kappa shape index (κ1) is 10.5. The van der Waals surface area contributed by atoms with E-state index in [1.54, 1.807) is 10.9 Å². The fourth-order valence-electron chi connectivity index (χ4n) is 1.48. The van der Waals surface area contributed by atoms with Crippen molar-refractivity contribution in [2.75, 3.05) is 17.6 Å². The first-order chi connectivity index (χ1) is 7.75. The third-order valence-electron chi connectivity index (χ3n) is 2.34. The monoisotopic (exact) mass is 217 g/mol. The number of rotatable bonds is 4. The summed E-state index contributed by atoms with van der Waals surface area (Å²) < 4.78 is 1.78. The second kappa shape index (κ2) is 4.65. The summed E-state index contributed by atoms with van der Waals surface area (Å²) in [4.78, 5) is 0. The van der Waals surface area contributed by atoms with Gasteiger partial charge in [0.05, 0.1) is 24.1 Å². The van der Waals surface area contributed by atoms with Gasteiger partial charge in [-0.15, -0.1) is 5.10 Å². The van der Waals surface area contributed by atoms with E-state index in [0.717, 1.165) is 24.5 Å². The Labute approximate surface area is 94.3 Å². The minimum Gasteiger partial charge on any atom is -0.397 e. The van der Waals surface area contributed by atoms with Crippen LogP contribution in [-0.4, -0.2) is 21.5 Å². The predicted molar refractivity (Wildman–Crippen MR) is 64.1 cm³/mol. The number of nitrogens with two attached hydrogens (primary N) is 1. The molecule has 0 bridgehead atoms. The number of nitrogens with zero attached hydrogens (tertiary/aromatic N) is 3. The van der Waals surface area contributed by atoms with Crippen LogP contribution in [0.5, 0.6) is 0 Å². The fourth-order valence-corrected chi connectivity index (χ4v) is 1.48. The SMILES string of the molecule is Cc1ccc(N)c(NCCn2ccnn2)c1. The van der Waals surface area contributed by atoms with Crippen molar-refractivity contribution in [3.8, 4) is 0 Å². The Kier molecular flexibility index (Phi) is 3.05. The van der Waals surface area contributed by atoms with E-state index in [0.29, 0.717) is 0 Å². The summed E-state index contributed by atoms with van der Waals surface area (Å²) in [5.74, 6) is 0. The lowest BCUT2D eigenvalue weighted by Crippen LogP contribution is -2.12. The molecule has 0 amide bonds. The van der Waals surface area contributed by atoms with Gasteiger partial charge in [-0.2, -0.15) is 0 Å². The van der Waals surface area contributed by atoms with Crippen LogP contribution in [0.15, 0.2) is 30.6 Å². The second-order valence-electron chi connectivity index (χ2n) is 3.68. The van der Waals surface area contributed by atoms with Crippen molar-refractivity contribution in [2.24, 2.45) is 0 Å². The zero-order chi connectivity index (χ0) is 11.4. The summed E-state index contributed by atoms with van der Waals surface area (Å²) >= 11 is 0. The molecule has 5 heteroatoms. The van der Waals surface area contributed by atoms with Crippen molar-refractivity contribution in [1.29, 1.82) is 0 Å². The maximum absolute atomic E-state index is 5.85. The number of hydrogen-bond acceptors (Lipinski definition) is 4. The van der Waals surface area contributed by atoms with Crippen molar-refractivity contribution in [3.63, 3.8) is 0 Å². The Balaban J connectivity index is 1.92. The number of benzene rings is 1. The second-order valence-corrected chi connectivity index (χ2v) is 3.68. The number of nitrogen functional groups attached to an aromatic ring is 1. The van der Waals surface area contributed by atoms with Crippen molar-refractivity contribution < 1.29 is 0 Å². The van der Waals surface area contributed by atoms with Crippen molar-refractivity contribution in [3.05, 3.63) is 36.2 Å². The van der Waals surface area contributed by atoms with Crippen LogP contribution in [0.2, 0.25) is 0 Å². The normalized spacial score (nSPS) is 10.3. The molecule has 5 nitrogen and oxygen atoms in total. The minimum atomic E-state index is 0.768. The molecule has 0 aliphatic heterocycles. The molecule has 84 valence electrons. The topological polar surface area (TPSA) is 68.8 Å². The van der Waals surface area contributed by atoms with Crippen molar-refractivity contribution >= 4 is 11.4 Å². The van der Waals surface area contributed by atoms with Gasteiger partial charge in [0.25, 0.3) is 0 Å². The molecule has 1 heterocycles. The van der Waals surface area contributed by atoms with Crippen LogP contribution in [0.4, 0.5) is 11.4 Å². The van der Waals surface area contributed by atoms with E-state index in [-0.39, 0.29) is 0 Å². The maximum Gasteiger partial charge on any atom is 0.0692 e. The first-order valence-electron chi connectivity index (χ1n) is 5.20. The van der Waals surface area contributed by atoms with E-state index < -0.39 is 0 Å². The van der Waals surface area contributed by atoms with Crippen LogP contribution in [-0.2, 0) is 6.54 Å². The van der Waals surface area contributed by atoms with E-state index in [1.165, 1.54) is 5.56 Å². The van der Waals surface area contributed by atoms with E-state index >= 15 is 0 Å². The molecule has 1 aromatic heterocycles. The molecule has 2 aromatic rings. The van der Waals surface area contributed by atoms with E-state index in [2.05, 4.69) is 15.6 Å². The lowest BCUT2D eigenvalue weighted by Gasteiger charge is -2.09. The molecule has 2 rings (SSSR count). The molecule has 0 aliphatic rings. The highest BCUT2D eigenvalue weighted by atomic mass is 15.4. The molecule has 3 N–H and O–H groups in total. The smallest absolute Gasteiger partial charge is 0.0692 e. The van der Waals surface area contributed by atoms with Crippen LogP contribution in [0, 0.1) is 6.92 Å². The van der Waals surface area contributed by atoms with Gasteiger partial charge < -0.3 is 11.1 Å². The number of aryl methyl sites for hydroxylation is 1. The lowest BCUT2D eigenvalue weighted by molar-refractivity contribution is 0.609. The number of anilines is 2. The average molecular weight is 217 g/mol. The summed E-state index contributed by atoms with van der Waals surface area (Å²) in [7, 11) is 0. The molecule has 0 aliphatic carbocycles. The van der Waals surface area contributed by atoms with Crippen LogP contribution in [0.25, 0.3) is 0 Å². The lowest BCUT2D eigenvalue weighted by atomic mass is 10.2. The summed E-state index contributed by atoms with van der Waals surface area (Å²) in [5.41, 5.74) is 8.78. The molecule has 0 atom stereocenters. The highest BCUT2D eigenvalue weighted by molar-refractivity contribution is 5.66. The highest BCUT2D eigenvalue weighted by Crippen LogP contribution is 2.18. The summed E-state index contributed by atoms with van der Waals surface area (Å²) in [5, 5.41) is 10.9. The van der Waals surface area contributed by atoms with Crippen LogP contribution >= 0.6 is 0 Å². The number of nitrogens with one attached hydrogen (secondary N) is 1. The number of hydrogen-bond donors (Lipinski definition) is 2. The van der Waals surface area contributed by atoms with Crippen LogP contribution in [0.1, 0.15) is 5.56 Å². The Bertz CT molecular complexity index is 449. The quantitative estimate of drug-likeness (QED) is 0.757. The molecule has 0 radical (unpaired) electrons. The fraction of sp³-hybridized carbons (Fsp3) is 0.273. The van der Waals surface area contributed by atoms with Crippen LogP contribution in [0.3, 0.4) is 0 Å². The van der Waals surface area contributed by atoms with Crippen molar-refractivity contribution in [2.45, 2.75) is 13.5 Å². The zero-order valence-electron chi connectivity index (χ0n) is 9.22. The van der Waals surface area contributed by atoms with E-state index in [4.69, 9.17) is 5.73 Å². The molecule has 0 unspecified atom stereocenters. The van der Waals surface area contributed by atoms with Crippen molar-refractivity contribution in [1.82, 2.24) is 15.0 Å². The van der Waals surface area contributed by atoms with Gasteiger partial charge in [-0.25, -0.2) is 0 Å². The molecular formula is C11H15N5. The van der Waals surface area contributed by atoms with Gasteiger partial charge in [-0.05, 0) is 24.6 Å². The minimum absolute atomic E-state index is 0.768. The Morgan fingerprint density at radius 3 is 3.06 bits per heavy atom. The summed E-state index contributed by atoms with van der Waals surface area (Å²) in [6.07, 6.45) is 3.50. The molecular weight excluding hydrogens is 202 g/mol. The average Bonchev–Trinajstić information content (AvgIpc) is 2.76. The Morgan fingerprint density at radius 1 is 1.44 bits per heavy atom. The third kappa shape index (κ3) is 2.50.